The van der Waals surface area contributed by atoms with Crippen molar-refractivity contribution in [2.24, 2.45) is 0 Å². The number of carbonyl (C=O) groups excluding carboxylic acids is 3. The smallest absolute Gasteiger partial charge is 0.303 e. The van der Waals surface area contributed by atoms with Crippen LogP contribution >= 0.6 is 11.8 Å². The number of benzene rings is 1. The molecule has 0 bridgehead atoms. The van der Waals surface area contributed by atoms with E-state index < -0.39 is 47.5 Å². The summed E-state index contributed by atoms with van der Waals surface area (Å²) in [6.45, 7) is 3.61. The molecule has 2 aromatic rings. The van der Waals surface area contributed by atoms with Gasteiger partial charge in [-0.3, -0.25) is 19.4 Å². The number of nitrogens with zero attached hydrogens (tertiary/aromatic N) is 2. The van der Waals surface area contributed by atoms with E-state index >= 15 is 0 Å². The predicted octanol–water partition coefficient (Wildman–Crippen LogP) is 3.01. The summed E-state index contributed by atoms with van der Waals surface area (Å²) in [6.07, 6.45) is -0.0835. The van der Waals surface area contributed by atoms with Crippen LogP contribution in [0.3, 0.4) is 0 Å². The number of carbonyl (C=O) groups is 3. The van der Waals surface area contributed by atoms with Crippen LogP contribution in [-0.4, -0.2) is 52.4 Å². The number of rotatable bonds is 6. The molecule has 1 aliphatic heterocycles. The zero-order valence-corrected chi connectivity index (χ0v) is 19.3. The van der Waals surface area contributed by atoms with Gasteiger partial charge in [0.1, 0.15) is 17.6 Å². The van der Waals surface area contributed by atoms with Crippen LogP contribution in [0.5, 0.6) is 5.75 Å². The van der Waals surface area contributed by atoms with E-state index in [-0.39, 0.29) is 17.1 Å². The fraction of sp³-hybridized carbons (Fsp3) is 0.348. The normalized spacial score (nSPS) is 21.6. The van der Waals surface area contributed by atoms with Gasteiger partial charge < -0.3 is 18.9 Å². The molecular formula is C23H21FN2O7S. The van der Waals surface area contributed by atoms with Crippen LogP contribution in [0, 0.1) is 17.1 Å². The van der Waals surface area contributed by atoms with E-state index in [9.17, 15) is 18.8 Å². The van der Waals surface area contributed by atoms with Gasteiger partial charge in [-0.2, -0.15) is 5.26 Å². The van der Waals surface area contributed by atoms with Gasteiger partial charge in [-0.05, 0) is 23.8 Å². The highest BCUT2D eigenvalue weighted by molar-refractivity contribution is 7.99. The summed E-state index contributed by atoms with van der Waals surface area (Å²) >= 11 is 1.21. The number of halogens is 1. The van der Waals surface area contributed by atoms with Crippen molar-refractivity contribution in [3.05, 3.63) is 48.0 Å². The molecule has 0 saturated carbocycles. The molecule has 1 aromatic carbocycles. The van der Waals surface area contributed by atoms with E-state index in [0.29, 0.717) is 11.1 Å². The van der Waals surface area contributed by atoms with Crippen LogP contribution in [0.2, 0.25) is 0 Å². The molecule has 178 valence electrons. The molecule has 0 N–H and O–H groups in total. The number of hydrogen-bond donors (Lipinski definition) is 0. The third kappa shape index (κ3) is 6.23. The summed E-state index contributed by atoms with van der Waals surface area (Å²) < 4.78 is 36.1. The van der Waals surface area contributed by atoms with Crippen molar-refractivity contribution in [3.63, 3.8) is 0 Å². The maximum atomic E-state index is 14.1. The topological polar surface area (TPSA) is 125 Å². The van der Waals surface area contributed by atoms with Gasteiger partial charge in [-0.15, -0.1) is 11.8 Å². The SMILES string of the molecule is CC(=O)O[C@@H]1[C@@H](OC(C)=O)[C@H](OC(C)=O)CS[C@H]1Oc1cncc(-c2ccc(C#N)c(F)c2)c1. The highest BCUT2D eigenvalue weighted by Crippen LogP contribution is 2.35. The number of thioether (sulfide) groups is 1. The van der Waals surface area contributed by atoms with Gasteiger partial charge in [0.25, 0.3) is 0 Å². The molecule has 0 radical (unpaired) electrons. The van der Waals surface area contributed by atoms with Crippen LogP contribution in [0.1, 0.15) is 26.3 Å². The molecule has 1 fully saturated rings. The first-order chi connectivity index (χ1) is 16.2. The van der Waals surface area contributed by atoms with Crippen molar-refractivity contribution >= 4 is 29.7 Å². The molecule has 1 aromatic heterocycles. The number of esters is 3. The lowest BCUT2D eigenvalue weighted by atomic mass is 10.1. The summed E-state index contributed by atoms with van der Waals surface area (Å²) in [7, 11) is 0. The molecule has 3 rings (SSSR count). The van der Waals surface area contributed by atoms with Crippen LogP contribution in [0.4, 0.5) is 4.39 Å². The van der Waals surface area contributed by atoms with E-state index in [1.165, 1.54) is 57.1 Å². The highest BCUT2D eigenvalue weighted by Gasteiger charge is 2.47. The maximum Gasteiger partial charge on any atom is 0.303 e. The van der Waals surface area contributed by atoms with Crippen molar-refractivity contribution < 1.29 is 37.7 Å². The molecule has 34 heavy (non-hydrogen) atoms. The van der Waals surface area contributed by atoms with Crippen molar-refractivity contribution in [2.75, 3.05) is 5.75 Å². The monoisotopic (exact) mass is 488 g/mol. The van der Waals surface area contributed by atoms with Crippen molar-refractivity contribution in [3.8, 4) is 22.9 Å². The van der Waals surface area contributed by atoms with E-state index in [2.05, 4.69) is 4.98 Å². The summed E-state index contributed by atoms with van der Waals surface area (Å²) in [5.74, 6) is -2.02. The van der Waals surface area contributed by atoms with Crippen molar-refractivity contribution in [1.29, 1.82) is 5.26 Å². The zero-order chi connectivity index (χ0) is 24.8. The Morgan fingerprint density at radius 3 is 2.29 bits per heavy atom. The minimum atomic E-state index is -1.08. The Hall–Kier alpha value is -3.65. The van der Waals surface area contributed by atoms with Crippen molar-refractivity contribution in [2.45, 2.75) is 44.5 Å². The van der Waals surface area contributed by atoms with Crippen LogP contribution in [0.15, 0.2) is 36.7 Å². The van der Waals surface area contributed by atoms with Crippen LogP contribution < -0.4 is 4.74 Å². The van der Waals surface area contributed by atoms with Gasteiger partial charge in [-0.25, -0.2) is 4.39 Å². The minimum absolute atomic E-state index is 0.0780. The molecule has 1 aliphatic rings. The Morgan fingerprint density at radius 1 is 1.00 bits per heavy atom. The Kier molecular flexibility index (Phi) is 8.07. The second-order valence-electron chi connectivity index (χ2n) is 7.33. The largest absolute Gasteiger partial charge is 0.474 e. The van der Waals surface area contributed by atoms with Gasteiger partial charge in [-0.1, -0.05) is 6.07 Å². The molecular weight excluding hydrogens is 467 g/mol. The lowest BCUT2D eigenvalue weighted by Crippen LogP contribution is -2.55. The average molecular weight is 488 g/mol. The van der Waals surface area contributed by atoms with Crippen LogP contribution in [-0.2, 0) is 28.6 Å². The Bertz CT molecular complexity index is 1140. The number of ether oxygens (including phenoxy) is 4. The number of hydrogen-bond acceptors (Lipinski definition) is 10. The third-order valence-electron chi connectivity index (χ3n) is 4.69. The Morgan fingerprint density at radius 2 is 1.68 bits per heavy atom. The first kappa shape index (κ1) is 25.0. The van der Waals surface area contributed by atoms with Crippen LogP contribution in [0.25, 0.3) is 11.1 Å². The molecule has 9 nitrogen and oxygen atoms in total. The second kappa shape index (κ2) is 11.0. The number of nitriles is 1. The molecule has 2 heterocycles. The average Bonchev–Trinajstić information content (AvgIpc) is 2.77. The number of pyridine rings is 1. The van der Waals surface area contributed by atoms with Gasteiger partial charge in [0.15, 0.2) is 23.7 Å². The van der Waals surface area contributed by atoms with E-state index in [1.54, 1.807) is 18.2 Å². The summed E-state index contributed by atoms with van der Waals surface area (Å²) in [5, 5.41) is 8.92. The molecule has 0 spiro atoms. The van der Waals surface area contributed by atoms with Crippen molar-refractivity contribution in [1.82, 2.24) is 4.98 Å². The fourth-order valence-corrected chi connectivity index (χ4v) is 4.59. The highest BCUT2D eigenvalue weighted by atomic mass is 32.2. The summed E-state index contributed by atoms with van der Waals surface area (Å²) in [5.41, 5.74) is 0.107. The molecule has 11 heteroatoms. The molecule has 4 atom stereocenters. The lowest BCUT2D eigenvalue weighted by molar-refractivity contribution is -0.186. The van der Waals surface area contributed by atoms with E-state index in [4.69, 9.17) is 24.2 Å². The fourth-order valence-electron chi connectivity index (χ4n) is 3.37. The maximum absolute atomic E-state index is 14.1. The lowest BCUT2D eigenvalue weighted by Gasteiger charge is -2.39. The van der Waals surface area contributed by atoms with Gasteiger partial charge in [0.05, 0.1) is 11.8 Å². The standard InChI is InChI=1S/C23H21FN2O7S/c1-12(27)30-20-11-34-23(22(32-14(3)29)21(20)31-13(2)28)33-18-6-17(9-26-10-18)15-4-5-16(8-25)19(24)7-15/h4-7,9-10,20-23H,11H2,1-3H3/t20-,21+,22-,23-/m1/s1. The quantitative estimate of drug-likeness (QED) is 0.442. The minimum Gasteiger partial charge on any atom is -0.474 e. The Balaban J connectivity index is 1.88. The summed E-state index contributed by atoms with van der Waals surface area (Å²) in [6, 6.07) is 7.54. The first-order valence-electron chi connectivity index (χ1n) is 10.1. The molecule has 0 amide bonds. The molecule has 0 unspecified atom stereocenters. The Labute approximate surface area is 199 Å². The molecule has 1 saturated heterocycles. The summed E-state index contributed by atoms with van der Waals surface area (Å²) in [4.78, 5) is 39.1. The predicted molar refractivity (Wildman–Crippen MR) is 118 cm³/mol. The van der Waals surface area contributed by atoms with Gasteiger partial charge >= 0.3 is 17.9 Å². The second-order valence-corrected chi connectivity index (χ2v) is 8.46. The van der Waals surface area contributed by atoms with E-state index in [1.807, 2.05) is 0 Å². The first-order valence-corrected chi connectivity index (χ1v) is 11.2. The molecule has 0 aliphatic carbocycles. The zero-order valence-electron chi connectivity index (χ0n) is 18.5. The van der Waals surface area contributed by atoms with Gasteiger partial charge in [0, 0.05) is 38.3 Å². The third-order valence-corrected chi connectivity index (χ3v) is 5.91. The van der Waals surface area contributed by atoms with E-state index in [0.717, 1.165) is 0 Å². The number of aromatic nitrogens is 1. The van der Waals surface area contributed by atoms with Gasteiger partial charge in [0.2, 0.25) is 0 Å².